The molecule has 98 valence electrons. The van der Waals surface area contributed by atoms with E-state index in [1.54, 1.807) is 12.1 Å². The van der Waals surface area contributed by atoms with E-state index in [0.717, 1.165) is 22.1 Å². The molecule has 4 rings (SSSR count). The molecule has 2 aromatic heterocycles. The average molecular weight is 284 g/mol. The Kier molecular flexibility index (Phi) is 2.25. The molecule has 0 unspecified atom stereocenters. The van der Waals surface area contributed by atoms with Crippen molar-refractivity contribution in [1.82, 2.24) is 20.2 Å². The van der Waals surface area contributed by atoms with Crippen LogP contribution in [0.4, 0.5) is 5.69 Å². The van der Waals surface area contributed by atoms with Crippen molar-refractivity contribution in [3.63, 3.8) is 0 Å². The van der Waals surface area contributed by atoms with Crippen molar-refractivity contribution in [3.8, 4) is 11.5 Å². The molecule has 2 heterocycles. The zero-order valence-electron chi connectivity index (χ0n) is 10.3. The fraction of sp³-hybridized carbons (Fsp3) is 0. The zero-order chi connectivity index (χ0) is 13.7. The zero-order valence-corrected chi connectivity index (χ0v) is 11.1. The number of hydrogen-bond donors (Lipinski definition) is 3. The molecule has 0 radical (unpaired) electrons. The molecule has 0 bridgehead atoms. The number of nitrogen functional groups attached to an aromatic ring is 1. The fourth-order valence-electron chi connectivity index (χ4n) is 2.36. The molecular weight excluding hydrogens is 274 g/mol. The van der Waals surface area contributed by atoms with Gasteiger partial charge in [0.15, 0.2) is 5.82 Å². The minimum Gasteiger partial charge on any atom is -0.397 e. The van der Waals surface area contributed by atoms with Gasteiger partial charge in [-0.25, -0.2) is 4.98 Å². The molecule has 4 N–H and O–H groups in total. The molecule has 0 amide bonds. The summed E-state index contributed by atoms with van der Waals surface area (Å²) in [7, 11) is 0. The predicted octanol–water partition coefficient (Wildman–Crippen LogP) is 3.34. The Balaban J connectivity index is 2.01. The molecule has 0 aliphatic carbocycles. The number of fused-ring (bicyclic) bond motifs is 2. The largest absolute Gasteiger partial charge is 0.397 e. The normalized spacial score (nSPS) is 11.4. The number of H-pyrrole nitrogens is 2. The number of anilines is 1. The van der Waals surface area contributed by atoms with Crippen LogP contribution in [0, 0.1) is 0 Å². The molecule has 4 aromatic rings. The highest BCUT2D eigenvalue weighted by molar-refractivity contribution is 6.31. The van der Waals surface area contributed by atoms with Crippen LogP contribution in [0.3, 0.4) is 0 Å². The topological polar surface area (TPSA) is 83.4 Å². The Labute approximate surface area is 118 Å². The lowest BCUT2D eigenvalue weighted by atomic mass is 10.2. The first-order valence-electron chi connectivity index (χ1n) is 6.10. The molecule has 0 spiro atoms. The van der Waals surface area contributed by atoms with E-state index >= 15 is 0 Å². The third kappa shape index (κ3) is 1.57. The molecule has 20 heavy (non-hydrogen) atoms. The number of hydrogen-bond acceptors (Lipinski definition) is 3. The lowest BCUT2D eigenvalue weighted by Crippen LogP contribution is -1.86. The number of aromatic amines is 2. The van der Waals surface area contributed by atoms with Crippen LogP contribution in [0.25, 0.3) is 33.5 Å². The Morgan fingerprint density at radius 1 is 1.10 bits per heavy atom. The first kappa shape index (κ1) is 11.3. The number of rotatable bonds is 1. The van der Waals surface area contributed by atoms with Crippen molar-refractivity contribution in [3.05, 3.63) is 41.4 Å². The van der Waals surface area contributed by atoms with Gasteiger partial charge >= 0.3 is 0 Å². The summed E-state index contributed by atoms with van der Waals surface area (Å²) in [6.45, 7) is 0. The Morgan fingerprint density at radius 3 is 2.85 bits per heavy atom. The third-order valence-corrected chi connectivity index (χ3v) is 3.49. The van der Waals surface area contributed by atoms with Crippen LogP contribution in [0.1, 0.15) is 0 Å². The van der Waals surface area contributed by atoms with Gasteiger partial charge < -0.3 is 10.7 Å². The van der Waals surface area contributed by atoms with Gasteiger partial charge in [-0.1, -0.05) is 29.8 Å². The fourth-order valence-corrected chi connectivity index (χ4v) is 2.59. The monoisotopic (exact) mass is 283 g/mol. The number of imidazole rings is 1. The summed E-state index contributed by atoms with van der Waals surface area (Å²) in [5.74, 6) is 0.673. The summed E-state index contributed by atoms with van der Waals surface area (Å²) in [5.41, 5.74) is 9.74. The number of nitrogens with one attached hydrogen (secondary N) is 2. The first-order chi connectivity index (χ1) is 9.72. The first-order valence-corrected chi connectivity index (χ1v) is 6.48. The van der Waals surface area contributed by atoms with E-state index in [-0.39, 0.29) is 0 Å². The van der Waals surface area contributed by atoms with Crippen LogP contribution >= 0.6 is 11.6 Å². The van der Waals surface area contributed by atoms with Crippen molar-refractivity contribution in [1.29, 1.82) is 0 Å². The van der Waals surface area contributed by atoms with Gasteiger partial charge in [0.25, 0.3) is 0 Å². The maximum atomic E-state index is 6.00. The van der Waals surface area contributed by atoms with Gasteiger partial charge in [-0.2, -0.15) is 5.10 Å². The van der Waals surface area contributed by atoms with Gasteiger partial charge in [-0.3, -0.25) is 5.10 Å². The Bertz CT molecular complexity index is 937. The quantitative estimate of drug-likeness (QED) is 0.468. The van der Waals surface area contributed by atoms with Crippen LogP contribution in [0.2, 0.25) is 5.02 Å². The molecule has 0 aliphatic heterocycles. The van der Waals surface area contributed by atoms with Crippen LogP contribution in [-0.4, -0.2) is 20.2 Å². The lowest BCUT2D eigenvalue weighted by molar-refractivity contribution is 1.11. The Hall–Kier alpha value is -2.53. The molecular formula is C14H10ClN5. The number of nitrogens with two attached hydrogens (primary N) is 1. The second-order valence-corrected chi connectivity index (χ2v) is 5.03. The third-order valence-electron chi connectivity index (χ3n) is 3.28. The standard InChI is InChI=1S/C14H10ClN5/c15-7-5-9(16)13-11(6-7)17-14(18-13)12-8-3-1-2-4-10(8)19-20-12/h1-6H,16H2,(H,17,18)(H,19,20). The molecule has 5 nitrogen and oxygen atoms in total. The summed E-state index contributed by atoms with van der Waals surface area (Å²) in [6, 6.07) is 11.4. The van der Waals surface area contributed by atoms with Gasteiger partial charge in [-0.05, 0) is 18.2 Å². The van der Waals surface area contributed by atoms with Gasteiger partial charge in [0.1, 0.15) is 11.2 Å². The van der Waals surface area contributed by atoms with Gasteiger partial charge in [0, 0.05) is 10.4 Å². The predicted molar refractivity (Wildman–Crippen MR) is 80.6 cm³/mol. The van der Waals surface area contributed by atoms with Crippen molar-refractivity contribution >= 4 is 39.2 Å². The van der Waals surface area contributed by atoms with Gasteiger partial charge in [0.05, 0.1) is 16.7 Å². The highest BCUT2D eigenvalue weighted by Gasteiger charge is 2.13. The number of nitrogens with zero attached hydrogens (tertiary/aromatic N) is 2. The van der Waals surface area contributed by atoms with Gasteiger partial charge in [-0.15, -0.1) is 0 Å². The molecule has 0 aliphatic rings. The van der Waals surface area contributed by atoms with Crippen LogP contribution in [0.15, 0.2) is 36.4 Å². The average Bonchev–Trinajstić information content (AvgIpc) is 3.01. The Morgan fingerprint density at radius 2 is 1.95 bits per heavy atom. The van der Waals surface area contributed by atoms with Crippen molar-refractivity contribution in [2.45, 2.75) is 0 Å². The minimum absolute atomic E-state index is 0.551. The maximum Gasteiger partial charge on any atom is 0.159 e. The number of benzene rings is 2. The van der Waals surface area contributed by atoms with Crippen molar-refractivity contribution in [2.24, 2.45) is 0 Å². The molecule has 0 saturated carbocycles. The summed E-state index contributed by atoms with van der Waals surface area (Å²) in [6.07, 6.45) is 0. The van der Waals surface area contributed by atoms with E-state index < -0.39 is 0 Å². The van der Waals surface area contributed by atoms with E-state index in [1.165, 1.54) is 0 Å². The summed E-state index contributed by atoms with van der Waals surface area (Å²) in [4.78, 5) is 7.74. The molecule has 0 fully saturated rings. The van der Waals surface area contributed by atoms with Crippen molar-refractivity contribution in [2.75, 3.05) is 5.73 Å². The number of para-hydroxylation sites is 1. The summed E-state index contributed by atoms with van der Waals surface area (Å²) in [5, 5.41) is 8.90. The second kappa shape index (κ2) is 3.98. The molecule has 2 aromatic carbocycles. The minimum atomic E-state index is 0.551. The molecule has 0 atom stereocenters. The lowest BCUT2D eigenvalue weighted by Gasteiger charge is -1.94. The second-order valence-electron chi connectivity index (χ2n) is 4.59. The summed E-state index contributed by atoms with van der Waals surface area (Å²) >= 11 is 6.00. The highest BCUT2D eigenvalue weighted by atomic mass is 35.5. The SMILES string of the molecule is Nc1cc(Cl)cc2[nH]c(-c3n[nH]c4ccccc34)nc12. The van der Waals surface area contributed by atoms with Crippen LogP contribution < -0.4 is 5.73 Å². The van der Waals surface area contributed by atoms with E-state index in [1.807, 2.05) is 24.3 Å². The summed E-state index contributed by atoms with van der Waals surface area (Å²) < 4.78 is 0. The van der Waals surface area contributed by atoms with E-state index in [2.05, 4.69) is 20.2 Å². The number of aromatic nitrogens is 4. The molecule has 6 heteroatoms. The van der Waals surface area contributed by atoms with E-state index in [9.17, 15) is 0 Å². The van der Waals surface area contributed by atoms with Crippen LogP contribution in [-0.2, 0) is 0 Å². The molecule has 0 saturated heterocycles. The highest BCUT2D eigenvalue weighted by Crippen LogP contribution is 2.29. The smallest absolute Gasteiger partial charge is 0.159 e. The van der Waals surface area contributed by atoms with Gasteiger partial charge in [0.2, 0.25) is 0 Å². The van der Waals surface area contributed by atoms with Crippen LogP contribution in [0.5, 0.6) is 0 Å². The van der Waals surface area contributed by atoms with Crippen molar-refractivity contribution < 1.29 is 0 Å². The number of halogens is 1. The maximum absolute atomic E-state index is 6.00. The van der Waals surface area contributed by atoms with E-state index in [4.69, 9.17) is 17.3 Å². The van der Waals surface area contributed by atoms with E-state index in [0.29, 0.717) is 22.1 Å².